The van der Waals surface area contributed by atoms with Crippen molar-refractivity contribution in [1.82, 2.24) is 15.3 Å². The summed E-state index contributed by atoms with van der Waals surface area (Å²) in [7, 11) is 0. The first-order valence-electron chi connectivity index (χ1n) is 7.01. The van der Waals surface area contributed by atoms with Gasteiger partial charge in [0.2, 0.25) is 0 Å². The van der Waals surface area contributed by atoms with E-state index in [4.69, 9.17) is 4.98 Å². The van der Waals surface area contributed by atoms with E-state index in [1.807, 2.05) is 0 Å². The van der Waals surface area contributed by atoms with Gasteiger partial charge < -0.3 is 10.3 Å². The maximum Gasteiger partial charge on any atom is 0.124 e. The highest BCUT2D eigenvalue weighted by atomic mass is 15.1. The van der Waals surface area contributed by atoms with E-state index in [2.05, 4.69) is 35.4 Å². The number of aromatic amines is 1. The van der Waals surface area contributed by atoms with Crippen molar-refractivity contribution in [2.45, 2.75) is 32.2 Å². The van der Waals surface area contributed by atoms with Gasteiger partial charge in [-0.1, -0.05) is 18.6 Å². The van der Waals surface area contributed by atoms with Crippen LogP contribution in [0.15, 0.2) is 18.2 Å². The van der Waals surface area contributed by atoms with Crippen molar-refractivity contribution in [1.29, 1.82) is 0 Å². The van der Waals surface area contributed by atoms with Crippen LogP contribution in [0.3, 0.4) is 0 Å². The molecule has 0 radical (unpaired) electrons. The predicted octanol–water partition coefficient (Wildman–Crippen LogP) is 2.93. The summed E-state index contributed by atoms with van der Waals surface area (Å²) < 4.78 is 0. The van der Waals surface area contributed by atoms with Crippen LogP contribution in [-0.2, 0) is 0 Å². The molecular formula is C15H19N3. The summed E-state index contributed by atoms with van der Waals surface area (Å²) in [5.41, 5.74) is 3.57. The van der Waals surface area contributed by atoms with Gasteiger partial charge in [-0.15, -0.1) is 0 Å². The first-order chi connectivity index (χ1) is 8.83. The van der Waals surface area contributed by atoms with E-state index in [1.54, 1.807) is 0 Å². The number of hydrogen-bond donors (Lipinski definition) is 2. The van der Waals surface area contributed by atoms with Crippen molar-refractivity contribution < 1.29 is 0 Å². The summed E-state index contributed by atoms with van der Waals surface area (Å²) in [5.74, 6) is 2.82. The maximum absolute atomic E-state index is 4.84. The Morgan fingerprint density at radius 1 is 1.28 bits per heavy atom. The van der Waals surface area contributed by atoms with Crippen molar-refractivity contribution in [2.75, 3.05) is 6.54 Å². The molecular weight excluding hydrogens is 222 g/mol. The molecule has 3 nitrogen and oxygen atoms in total. The number of imidazole rings is 1. The summed E-state index contributed by atoms with van der Waals surface area (Å²) in [6.45, 7) is 3.30. The zero-order chi connectivity index (χ0) is 12.1. The highest BCUT2D eigenvalue weighted by Crippen LogP contribution is 2.43. The van der Waals surface area contributed by atoms with Gasteiger partial charge in [-0.2, -0.15) is 0 Å². The van der Waals surface area contributed by atoms with E-state index in [-0.39, 0.29) is 0 Å². The Morgan fingerprint density at radius 2 is 2.22 bits per heavy atom. The normalized spacial score (nSPS) is 31.1. The molecule has 0 spiro atoms. The minimum Gasteiger partial charge on any atom is -0.341 e. The van der Waals surface area contributed by atoms with Gasteiger partial charge in [-0.3, -0.25) is 0 Å². The molecule has 1 aromatic heterocycles. The van der Waals surface area contributed by atoms with Crippen LogP contribution in [0.1, 0.15) is 36.7 Å². The molecule has 1 aliphatic carbocycles. The van der Waals surface area contributed by atoms with E-state index in [0.717, 1.165) is 23.2 Å². The van der Waals surface area contributed by atoms with Crippen LogP contribution in [0.4, 0.5) is 0 Å². The first-order valence-corrected chi connectivity index (χ1v) is 7.01. The second kappa shape index (κ2) is 3.82. The van der Waals surface area contributed by atoms with Gasteiger partial charge in [0, 0.05) is 0 Å². The zero-order valence-corrected chi connectivity index (χ0v) is 10.7. The van der Waals surface area contributed by atoms with E-state index in [9.17, 15) is 0 Å². The van der Waals surface area contributed by atoms with Gasteiger partial charge in [0.25, 0.3) is 0 Å². The van der Waals surface area contributed by atoms with Gasteiger partial charge in [-0.05, 0) is 49.8 Å². The summed E-state index contributed by atoms with van der Waals surface area (Å²) in [4.78, 5) is 8.35. The predicted molar refractivity (Wildman–Crippen MR) is 72.4 cm³/mol. The fraction of sp³-hybridized carbons (Fsp3) is 0.533. The number of para-hydroxylation sites is 1. The van der Waals surface area contributed by atoms with Crippen LogP contribution in [0, 0.1) is 18.8 Å². The lowest BCUT2D eigenvalue weighted by atomic mass is 9.94. The number of aromatic nitrogens is 2. The monoisotopic (exact) mass is 241 g/mol. The smallest absolute Gasteiger partial charge is 0.124 e. The Labute approximate surface area is 107 Å². The van der Waals surface area contributed by atoms with Crippen molar-refractivity contribution >= 4 is 11.0 Å². The average molecular weight is 241 g/mol. The molecule has 0 amide bonds. The van der Waals surface area contributed by atoms with Crippen molar-refractivity contribution in [3.05, 3.63) is 29.6 Å². The standard InChI is InChI=1S/C15H19N3/c1-9-4-2-7-12-13(9)18-15(17-12)14-11-6-3-5-10(11)8-16-14/h2,4,7,10-11,14,16H,3,5-6,8H2,1H3,(H,17,18). The third-order valence-electron chi connectivity index (χ3n) is 4.77. The molecule has 94 valence electrons. The molecule has 3 heteroatoms. The second-order valence-electron chi connectivity index (χ2n) is 5.83. The molecule has 4 rings (SSSR count). The molecule has 3 unspecified atom stereocenters. The number of hydrogen-bond acceptors (Lipinski definition) is 2. The van der Waals surface area contributed by atoms with Crippen molar-refractivity contribution in [3.63, 3.8) is 0 Å². The number of fused-ring (bicyclic) bond motifs is 2. The third-order valence-corrected chi connectivity index (χ3v) is 4.77. The van der Waals surface area contributed by atoms with Crippen LogP contribution in [-0.4, -0.2) is 16.5 Å². The Kier molecular flexibility index (Phi) is 2.24. The number of H-pyrrole nitrogens is 1. The number of aryl methyl sites for hydroxylation is 1. The Hall–Kier alpha value is -1.35. The fourth-order valence-corrected chi connectivity index (χ4v) is 3.83. The minimum atomic E-state index is 0.448. The molecule has 2 fully saturated rings. The van der Waals surface area contributed by atoms with Crippen LogP contribution >= 0.6 is 0 Å². The Bertz CT molecular complexity index is 586. The molecule has 18 heavy (non-hydrogen) atoms. The lowest BCUT2D eigenvalue weighted by molar-refractivity contribution is 0.410. The highest BCUT2D eigenvalue weighted by Gasteiger charge is 2.40. The lowest BCUT2D eigenvalue weighted by Crippen LogP contribution is -2.19. The van der Waals surface area contributed by atoms with Gasteiger partial charge in [0.15, 0.2) is 0 Å². The second-order valence-corrected chi connectivity index (χ2v) is 5.83. The molecule has 1 saturated heterocycles. The number of nitrogens with zero attached hydrogens (tertiary/aromatic N) is 1. The van der Waals surface area contributed by atoms with E-state index >= 15 is 0 Å². The molecule has 3 atom stereocenters. The van der Waals surface area contributed by atoms with Gasteiger partial charge >= 0.3 is 0 Å². The molecule has 2 aromatic rings. The summed E-state index contributed by atoms with van der Waals surface area (Å²) in [5, 5.41) is 3.66. The summed E-state index contributed by atoms with van der Waals surface area (Å²) in [6.07, 6.45) is 4.15. The molecule has 1 aliphatic heterocycles. The Morgan fingerprint density at radius 3 is 3.11 bits per heavy atom. The topological polar surface area (TPSA) is 40.7 Å². The molecule has 2 heterocycles. The summed E-state index contributed by atoms with van der Waals surface area (Å²) in [6, 6.07) is 6.80. The molecule has 1 aromatic carbocycles. The number of benzene rings is 1. The maximum atomic E-state index is 4.84. The number of rotatable bonds is 1. The van der Waals surface area contributed by atoms with E-state index in [1.165, 1.54) is 36.9 Å². The lowest BCUT2D eigenvalue weighted by Gasteiger charge is -2.15. The van der Waals surface area contributed by atoms with Crippen LogP contribution in [0.25, 0.3) is 11.0 Å². The van der Waals surface area contributed by atoms with Crippen molar-refractivity contribution in [3.8, 4) is 0 Å². The molecule has 0 bridgehead atoms. The first kappa shape index (κ1) is 10.6. The van der Waals surface area contributed by atoms with Crippen LogP contribution < -0.4 is 5.32 Å². The van der Waals surface area contributed by atoms with Crippen LogP contribution in [0.5, 0.6) is 0 Å². The highest BCUT2D eigenvalue weighted by molar-refractivity contribution is 5.78. The molecule has 1 saturated carbocycles. The van der Waals surface area contributed by atoms with E-state index in [0.29, 0.717) is 6.04 Å². The minimum absolute atomic E-state index is 0.448. The van der Waals surface area contributed by atoms with Gasteiger partial charge in [0.05, 0.1) is 17.1 Å². The van der Waals surface area contributed by atoms with Crippen molar-refractivity contribution in [2.24, 2.45) is 11.8 Å². The molecule has 2 aliphatic rings. The van der Waals surface area contributed by atoms with E-state index < -0.39 is 0 Å². The fourth-order valence-electron chi connectivity index (χ4n) is 3.83. The Balaban J connectivity index is 1.76. The largest absolute Gasteiger partial charge is 0.341 e. The average Bonchev–Trinajstić information content (AvgIpc) is 3.02. The van der Waals surface area contributed by atoms with Crippen LogP contribution in [0.2, 0.25) is 0 Å². The number of nitrogens with one attached hydrogen (secondary N) is 2. The zero-order valence-electron chi connectivity index (χ0n) is 10.7. The van der Waals surface area contributed by atoms with Gasteiger partial charge in [-0.25, -0.2) is 4.98 Å². The molecule has 2 N–H and O–H groups in total. The SMILES string of the molecule is Cc1cccc2[nH]c(C3NCC4CCCC43)nc12. The van der Waals surface area contributed by atoms with Gasteiger partial charge in [0.1, 0.15) is 5.82 Å². The quantitative estimate of drug-likeness (QED) is 0.806. The summed E-state index contributed by atoms with van der Waals surface area (Å²) >= 11 is 0. The third kappa shape index (κ3) is 1.43.